The van der Waals surface area contributed by atoms with E-state index in [1.54, 1.807) is 6.20 Å². The summed E-state index contributed by atoms with van der Waals surface area (Å²) in [6.45, 7) is 1.97. The van der Waals surface area contributed by atoms with Gasteiger partial charge in [-0.15, -0.1) is 11.6 Å². The number of hydrogen-bond donors (Lipinski definition) is 1. The minimum Gasteiger partial charge on any atom is -0.480 e. The average Bonchev–Trinajstić information content (AvgIpc) is 2.07. The Labute approximate surface area is 76.0 Å². The Balaban J connectivity index is 0.000000217. The monoisotopic (exact) mass is 187 g/mol. The second-order valence-corrected chi connectivity index (χ2v) is 2.27. The van der Waals surface area contributed by atoms with Gasteiger partial charge in [0.05, 0.1) is 0 Å². The molecule has 0 saturated heterocycles. The highest BCUT2D eigenvalue weighted by Crippen LogP contribution is 1.85. The number of aromatic nitrogens is 1. The van der Waals surface area contributed by atoms with E-state index in [9.17, 15) is 4.79 Å². The lowest BCUT2D eigenvalue weighted by Gasteiger charge is -1.82. The average molecular weight is 188 g/mol. The third kappa shape index (κ3) is 7.02. The summed E-state index contributed by atoms with van der Waals surface area (Å²) in [5, 5.41) is 7.59. The topological polar surface area (TPSA) is 50.2 Å². The first-order valence-electron chi connectivity index (χ1n) is 3.32. The number of hydrogen-bond acceptors (Lipinski definition) is 2. The number of pyridine rings is 1. The Morgan fingerprint density at radius 3 is 2.42 bits per heavy atom. The molecular weight excluding hydrogens is 178 g/mol. The van der Waals surface area contributed by atoms with E-state index in [1.165, 1.54) is 0 Å². The summed E-state index contributed by atoms with van der Waals surface area (Å²) < 4.78 is 0. The molecule has 66 valence electrons. The normalized spacial score (nSPS) is 8.17. The molecule has 0 unspecified atom stereocenters. The molecule has 0 aliphatic heterocycles. The number of carboxylic acid groups (broad SMARTS) is 1. The van der Waals surface area contributed by atoms with Crippen LogP contribution in [-0.4, -0.2) is 21.9 Å². The summed E-state index contributed by atoms with van der Waals surface area (Å²) in [5.74, 6) is -1.29. The molecule has 0 saturated carbocycles. The Hall–Kier alpha value is -1.09. The molecule has 1 heterocycles. The van der Waals surface area contributed by atoms with Gasteiger partial charge in [0, 0.05) is 11.9 Å². The van der Waals surface area contributed by atoms with E-state index in [4.69, 9.17) is 16.7 Å². The van der Waals surface area contributed by atoms with Crippen LogP contribution in [0.5, 0.6) is 0 Å². The Morgan fingerprint density at radius 1 is 1.67 bits per heavy atom. The van der Waals surface area contributed by atoms with E-state index in [0.29, 0.717) is 0 Å². The first-order valence-corrected chi connectivity index (χ1v) is 3.85. The maximum absolute atomic E-state index is 9.24. The zero-order valence-electron chi connectivity index (χ0n) is 6.70. The number of carboxylic acids is 1. The van der Waals surface area contributed by atoms with Gasteiger partial charge in [0.15, 0.2) is 0 Å². The molecular formula is C8H10ClNO2. The summed E-state index contributed by atoms with van der Waals surface area (Å²) in [6, 6.07) is 5.86. The largest absolute Gasteiger partial charge is 0.480 e. The summed E-state index contributed by atoms with van der Waals surface area (Å²) in [7, 11) is 0. The van der Waals surface area contributed by atoms with Gasteiger partial charge in [0.2, 0.25) is 0 Å². The molecule has 1 rings (SSSR count). The molecule has 0 bridgehead atoms. The van der Waals surface area contributed by atoms with Crippen LogP contribution in [0.2, 0.25) is 0 Å². The van der Waals surface area contributed by atoms with E-state index >= 15 is 0 Å². The van der Waals surface area contributed by atoms with Gasteiger partial charge in [-0.25, -0.2) is 0 Å². The number of aliphatic carboxylic acids is 1. The minimum absolute atomic E-state index is 0.306. The SMILES string of the molecule is Cc1ccccn1.O=C(O)CCl. The van der Waals surface area contributed by atoms with Crippen molar-refractivity contribution >= 4 is 17.6 Å². The fourth-order valence-corrected chi connectivity index (χ4v) is 0.448. The lowest BCUT2D eigenvalue weighted by Crippen LogP contribution is -1.92. The Bertz CT molecular complexity index is 226. The van der Waals surface area contributed by atoms with Crippen molar-refractivity contribution in [1.82, 2.24) is 4.98 Å². The van der Waals surface area contributed by atoms with Crippen LogP contribution in [0.4, 0.5) is 0 Å². The van der Waals surface area contributed by atoms with Crippen molar-refractivity contribution in [3.05, 3.63) is 30.1 Å². The number of aryl methyl sites for hydroxylation is 1. The fourth-order valence-electron chi connectivity index (χ4n) is 0.448. The first kappa shape index (κ1) is 10.9. The zero-order chi connectivity index (χ0) is 9.40. The Morgan fingerprint density at radius 2 is 2.25 bits per heavy atom. The molecule has 1 N–H and O–H groups in total. The van der Waals surface area contributed by atoms with E-state index in [1.807, 2.05) is 25.1 Å². The van der Waals surface area contributed by atoms with Gasteiger partial charge in [-0.3, -0.25) is 9.78 Å². The number of rotatable bonds is 1. The summed E-state index contributed by atoms with van der Waals surface area (Å²) in [4.78, 5) is 13.2. The van der Waals surface area contributed by atoms with Gasteiger partial charge in [-0.2, -0.15) is 0 Å². The Kier molecular flexibility index (Phi) is 6.01. The minimum atomic E-state index is -0.980. The second kappa shape index (κ2) is 6.61. The van der Waals surface area contributed by atoms with Crippen LogP contribution in [0.15, 0.2) is 24.4 Å². The summed E-state index contributed by atoms with van der Waals surface area (Å²) in [6.07, 6.45) is 1.79. The van der Waals surface area contributed by atoms with Crippen molar-refractivity contribution in [1.29, 1.82) is 0 Å². The molecule has 1 aromatic heterocycles. The molecule has 0 amide bonds. The number of alkyl halides is 1. The van der Waals surface area contributed by atoms with E-state index in [-0.39, 0.29) is 5.88 Å². The third-order valence-corrected chi connectivity index (χ3v) is 1.16. The first-order chi connectivity index (χ1) is 5.66. The van der Waals surface area contributed by atoms with Crippen LogP contribution in [0, 0.1) is 6.92 Å². The molecule has 0 aliphatic carbocycles. The van der Waals surface area contributed by atoms with Gasteiger partial charge in [-0.05, 0) is 19.1 Å². The van der Waals surface area contributed by atoms with Crippen LogP contribution in [0.25, 0.3) is 0 Å². The van der Waals surface area contributed by atoms with Gasteiger partial charge in [0.1, 0.15) is 5.88 Å². The predicted octanol–water partition coefficient (Wildman–Crippen LogP) is 1.70. The van der Waals surface area contributed by atoms with Crippen molar-refractivity contribution in [2.75, 3.05) is 5.88 Å². The van der Waals surface area contributed by atoms with E-state index < -0.39 is 5.97 Å². The summed E-state index contributed by atoms with van der Waals surface area (Å²) >= 11 is 4.74. The van der Waals surface area contributed by atoms with Crippen LogP contribution in [0.1, 0.15) is 5.69 Å². The lowest BCUT2D eigenvalue weighted by atomic mass is 10.4. The number of nitrogens with zero attached hydrogens (tertiary/aromatic N) is 1. The maximum Gasteiger partial charge on any atom is 0.318 e. The molecule has 1 aromatic rings. The molecule has 0 aliphatic rings. The predicted molar refractivity (Wildman–Crippen MR) is 47.3 cm³/mol. The van der Waals surface area contributed by atoms with Gasteiger partial charge in [-0.1, -0.05) is 6.07 Å². The highest BCUT2D eigenvalue weighted by molar-refractivity contribution is 6.26. The molecule has 0 radical (unpaired) electrons. The highest BCUT2D eigenvalue weighted by atomic mass is 35.5. The molecule has 3 nitrogen and oxygen atoms in total. The standard InChI is InChI=1S/C6H7N.C2H3ClO2/c1-6-4-2-3-5-7-6;3-1-2(4)5/h2-5H,1H3;1H2,(H,4,5). The van der Waals surface area contributed by atoms with Crippen LogP contribution < -0.4 is 0 Å². The van der Waals surface area contributed by atoms with E-state index in [2.05, 4.69) is 4.98 Å². The van der Waals surface area contributed by atoms with Gasteiger partial charge >= 0.3 is 5.97 Å². The van der Waals surface area contributed by atoms with Crippen molar-refractivity contribution in [2.24, 2.45) is 0 Å². The molecule has 0 spiro atoms. The van der Waals surface area contributed by atoms with Crippen LogP contribution in [0.3, 0.4) is 0 Å². The van der Waals surface area contributed by atoms with Gasteiger partial charge < -0.3 is 5.11 Å². The highest BCUT2D eigenvalue weighted by Gasteiger charge is 1.83. The maximum atomic E-state index is 9.24. The zero-order valence-corrected chi connectivity index (χ0v) is 7.45. The number of halogens is 1. The lowest BCUT2D eigenvalue weighted by molar-refractivity contribution is -0.134. The molecule has 12 heavy (non-hydrogen) atoms. The van der Waals surface area contributed by atoms with Crippen LogP contribution >= 0.6 is 11.6 Å². The summed E-state index contributed by atoms with van der Waals surface area (Å²) in [5.41, 5.74) is 1.07. The molecule has 0 atom stereocenters. The molecule has 0 aromatic carbocycles. The second-order valence-electron chi connectivity index (χ2n) is 2.00. The van der Waals surface area contributed by atoms with E-state index in [0.717, 1.165) is 5.69 Å². The molecule has 0 fully saturated rings. The molecule has 4 heteroatoms. The van der Waals surface area contributed by atoms with Crippen molar-refractivity contribution in [3.63, 3.8) is 0 Å². The van der Waals surface area contributed by atoms with Crippen molar-refractivity contribution in [2.45, 2.75) is 6.92 Å². The smallest absolute Gasteiger partial charge is 0.318 e. The van der Waals surface area contributed by atoms with Crippen molar-refractivity contribution < 1.29 is 9.90 Å². The number of carbonyl (C=O) groups is 1. The van der Waals surface area contributed by atoms with Crippen LogP contribution in [-0.2, 0) is 4.79 Å². The van der Waals surface area contributed by atoms with Crippen molar-refractivity contribution in [3.8, 4) is 0 Å². The van der Waals surface area contributed by atoms with Gasteiger partial charge in [0.25, 0.3) is 0 Å². The quantitative estimate of drug-likeness (QED) is 0.681. The fraction of sp³-hybridized carbons (Fsp3) is 0.250. The third-order valence-electron chi connectivity index (χ3n) is 0.927.